The summed E-state index contributed by atoms with van der Waals surface area (Å²) in [6.45, 7) is 0. The van der Waals surface area contributed by atoms with Crippen molar-refractivity contribution in [2.45, 2.75) is 70.6 Å². The molecule has 2 saturated carbocycles. The lowest BCUT2D eigenvalue weighted by molar-refractivity contribution is -0.111. The second-order valence-corrected chi connectivity index (χ2v) is 6.42. The maximum atomic E-state index is 10.6. The third-order valence-corrected chi connectivity index (χ3v) is 4.55. The van der Waals surface area contributed by atoms with E-state index >= 15 is 0 Å². The molecule has 0 saturated heterocycles. The van der Waals surface area contributed by atoms with Gasteiger partial charge in [0.25, 0.3) is 0 Å². The lowest BCUT2D eigenvalue weighted by Gasteiger charge is -2.14. The predicted octanol–water partition coefficient (Wildman–Crippen LogP) is 4.92. The number of carbonyl (C=O) groups excluding carboxylic acids is 1. The van der Waals surface area contributed by atoms with Crippen LogP contribution in [-0.4, -0.2) is 5.24 Å². The Kier molecular flexibility index (Phi) is 5.34. The fourth-order valence-corrected chi connectivity index (χ4v) is 3.21. The van der Waals surface area contributed by atoms with Gasteiger partial charge in [0.2, 0.25) is 5.24 Å². The van der Waals surface area contributed by atoms with Crippen LogP contribution in [-0.2, 0) is 4.79 Å². The van der Waals surface area contributed by atoms with E-state index in [9.17, 15) is 4.79 Å². The molecule has 0 aromatic rings. The van der Waals surface area contributed by atoms with Crippen molar-refractivity contribution in [1.29, 1.82) is 0 Å². The molecule has 1 nitrogen and oxygen atoms in total. The smallest absolute Gasteiger partial charge is 0.221 e. The van der Waals surface area contributed by atoms with Crippen LogP contribution in [0, 0.1) is 17.8 Å². The first-order valence-corrected chi connectivity index (χ1v) is 7.83. The SMILES string of the molecule is O=C(Cl)CCCCCCCC(C1CC1)C1CC1. The van der Waals surface area contributed by atoms with Gasteiger partial charge >= 0.3 is 0 Å². The molecular weight excluding hydrogens is 232 g/mol. The first-order chi connectivity index (χ1) is 8.27. The van der Waals surface area contributed by atoms with Crippen molar-refractivity contribution in [3.8, 4) is 0 Å². The molecule has 0 N–H and O–H groups in total. The second kappa shape index (κ2) is 6.78. The van der Waals surface area contributed by atoms with Gasteiger partial charge in [-0.3, -0.25) is 4.79 Å². The normalized spacial score (nSPS) is 19.9. The maximum absolute atomic E-state index is 10.6. The third-order valence-electron chi connectivity index (χ3n) is 4.37. The number of hydrogen-bond donors (Lipinski definition) is 0. The minimum Gasteiger partial charge on any atom is -0.281 e. The molecule has 0 aromatic heterocycles. The van der Waals surface area contributed by atoms with E-state index in [1.807, 2.05) is 0 Å². The van der Waals surface area contributed by atoms with Gasteiger partial charge in [-0.05, 0) is 67.9 Å². The van der Waals surface area contributed by atoms with Crippen LogP contribution in [0.15, 0.2) is 0 Å². The Balaban J connectivity index is 1.43. The Hall–Kier alpha value is -0.0400. The summed E-state index contributed by atoms with van der Waals surface area (Å²) in [6.07, 6.45) is 14.3. The maximum Gasteiger partial charge on any atom is 0.221 e. The molecule has 2 rings (SSSR count). The monoisotopic (exact) mass is 256 g/mol. The van der Waals surface area contributed by atoms with E-state index in [0.717, 1.165) is 24.2 Å². The number of unbranched alkanes of at least 4 members (excludes halogenated alkanes) is 4. The van der Waals surface area contributed by atoms with E-state index in [1.54, 1.807) is 0 Å². The lowest BCUT2D eigenvalue weighted by Crippen LogP contribution is -2.05. The molecule has 2 fully saturated rings. The molecule has 0 amide bonds. The van der Waals surface area contributed by atoms with Gasteiger partial charge in [0.15, 0.2) is 0 Å². The molecule has 2 aliphatic rings. The zero-order chi connectivity index (χ0) is 12.1. The van der Waals surface area contributed by atoms with Crippen LogP contribution in [0.25, 0.3) is 0 Å². The summed E-state index contributed by atoms with van der Waals surface area (Å²) in [4.78, 5) is 10.6. The van der Waals surface area contributed by atoms with E-state index in [1.165, 1.54) is 57.8 Å². The van der Waals surface area contributed by atoms with E-state index < -0.39 is 0 Å². The molecule has 0 aliphatic heterocycles. The first-order valence-electron chi connectivity index (χ1n) is 7.45. The van der Waals surface area contributed by atoms with Crippen LogP contribution in [0.1, 0.15) is 70.6 Å². The Morgan fingerprint density at radius 1 is 0.941 bits per heavy atom. The Morgan fingerprint density at radius 3 is 2.00 bits per heavy atom. The molecular formula is C15H25ClO. The summed E-state index contributed by atoms with van der Waals surface area (Å²) in [6, 6.07) is 0. The van der Waals surface area contributed by atoms with Crippen LogP contribution in [0.5, 0.6) is 0 Å². The minimum atomic E-state index is -0.174. The molecule has 0 radical (unpaired) electrons. The van der Waals surface area contributed by atoms with E-state index in [-0.39, 0.29) is 5.24 Å². The highest BCUT2D eigenvalue weighted by atomic mass is 35.5. The van der Waals surface area contributed by atoms with Crippen molar-refractivity contribution in [2.75, 3.05) is 0 Å². The highest BCUT2D eigenvalue weighted by Crippen LogP contribution is 2.51. The van der Waals surface area contributed by atoms with Crippen LogP contribution in [0.3, 0.4) is 0 Å². The lowest BCUT2D eigenvalue weighted by atomic mass is 9.91. The van der Waals surface area contributed by atoms with Gasteiger partial charge in [0, 0.05) is 6.42 Å². The molecule has 2 aliphatic carbocycles. The number of rotatable bonds is 10. The Morgan fingerprint density at radius 2 is 1.47 bits per heavy atom. The van der Waals surface area contributed by atoms with Gasteiger partial charge in [-0.25, -0.2) is 0 Å². The van der Waals surface area contributed by atoms with Crippen molar-refractivity contribution in [3.05, 3.63) is 0 Å². The summed E-state index contributed by atoms with van der Waals surface area (Å²) < 4.78 is 0. The molecule has 2 heteroatoms. The zero-order valence-corrected chi connectivity index (χ0v) is 11.6. The Bertz CT molecular complexity index is 231. The minimum absolute atomic E-state index is 0.174. The summed E-state index contributed by atoms with van der Waals surface area (Å²) in [7, 11) is 0. The van der Waals surface area contributed by atoms with Crippen molar-refractivity contribution in [2.24, 2.45) is 17.8 Å². The van der Waals surface area contributed by atoms with Gasteiger partial charge in [0.05, 0.1) is 0 Å². The topological polar surface area (TPSA) is 17.1 Å². The molecule has 0 bridgehead atoms. The zero-order valence-electron chi connectivity index (χ0n) is 10.8. The predicted molar refractivity (Wildman–Crippen MR) is 72.1 cm³/mol. The Labute approximate surface area is 110 Å². The number of halogens is 1. The van der Waals surface area contributed by atoms with Crippen molar-refractivity contribution in [3.63, 3.8) is 0 Å². The summed E-state index contributed by atoms with van der Waals surface area (Å²) in [5, 5.41) is -0.174. The van der Waals surface area contributed by atoms with Gasteiger partial charge < -0.3 is 0 Å². The molecule has 0 atom stereocenters. The molecule has 0 spiro atoms. The van der Waals surface area contributed by atoms with Crippen LogP contribution < -0.4 is 0 Å². The quantitative estimate of drug-likeness (QED) is 0.401. The fraction of sp³-hybridized carbons (Fsp3) is 0.933. The van der Waals surface area contributed by atoms with Gasteiger partial charge in [-0.15, -0.1) is 0 Å². The second-order valence-electron chi connectivity index (χ2n) is 6.00. The molecule has 0 unspecified atom stereocenters. The summed E-state index contributed by atoms with van der Waals surface area (Å²) in [5.41, 5.74) is 0. The van der Waals surface area contributed by atoms with Crippen LogP contribution in [0.4, 0.5) is 0 Å². The number of carbonyl (C=O) groups is 1. The van der Waals surface area contributed by atoms with Crippen LogP contribution in [0.2, 0.25) is 0 Å². The average Bonchev–Trinajstić information content (AvgIpc) is 3.15. The first kappa shape index (κ1) is 13.4. The largest absolute Gasteiger partial charge is 0.281 e. The summed E-state index contributed by atoms with van der Waals surface area (Å²) >= 11 is 5.30. The van der Waals surface area contributed by atoms with Gasteiger partial charge in [-0.2, -0.15) is 0 Å². The molecule has 0 aromatic carbocycles. The van der Waals surface area contributed by atoms with Crippen molar-refractivity contribution in [1.82, 2.24) is 0 Å². The number of hydrogen-bond acceptors (Lipinski definition) is 1. The van der Waals surface area contributed by atoms with Gasteiger partial charge in [-0.1, -0.05) is 25.7 Å². The summed E-state index contributed by atoms with van der Waals surface area (Å²) in [5.74, 6) is 3.30. The average molecular weight is 257 g/mol. The van der Waals surface area contributed by atoms with Gasteiger partial charge in [0.1, 0.15) is 0 Å². The third kappa shape index (κ3) is 5.42. The standard InChI is InChI=1S/C15H25ClO/c16-15(17)7-5-3-1-2-4-6-14(12-8-9-12)13-10-11-13/h12-14H,1-11H2. The van der Waals surface area contributed by atoms with Crippen LogP contribution >= 0.6 is 11.6 Å². The van der Waals surface area contributed by atoms with Crippen molar-refractivity contribution >= 4 is 16.8 Å². The molecule has 17 heavy (non-hydrogen) atoms. The van der Waals surface area contributed by atoms with Crippen molar-refractivity contribution < 1.29 is 4.79 Å². The molecule has 98 valence electrons. The fourth-order valence-electron chi connectivity index (χ4n) is 3.08. The molecule has 0 heterocycles. The van der Waals surface area contributed by atoms with E-state index in [0.29, 0.717) is 6.42 Å². The van der Waals surface area contributed by atoms with E-state index in [2.05, 4.69) is 0 Å². The highest BCUT2D eigenvalue weighted by molar-refractivity contribution is 6.63. The van der Waals surface area contributed by atoms with E-state index in [4.69, 9.17) is 11.6 Å². The highest BCUT2D eigenvalue weighted by Gasteiger charge is 2.40.